The predicted molar refractivity (Wildman–Crippen MR) is 134 cm³/mol. The average molecular weight is 409 g/mol. The number of nitrogens with zero attached hydrogens (tertiary/aromatic N) is 3. The van der Waals surface area contributed by atoms with Crippen LogP contribution >= 0.6 is 0 Å². The van der Waals surface area contributed by atoms with Crippen LogP contribution in [0.3, 0.4) is 0 Å². The van der Waals surface area contributed by atoms with Crippen LogP contribution in [0, 0.1) is 5.92 Å². The maximum absolute atomic E-state index is 4.53. The van der Waals surface area contributed by atoms with E-state index in [1.165, 1.54) is 37.7 Å². The van der Waals surface area contributed by atoms with E-state index in [-0.39, 0.29) is 0 Å². The molecule has 164 valence electrons. The van der Waals surface area contributed by atoms with Gasteiger partial charge in [0.1, 0.15) is 5.82 Å². The summed E-state index contributed by atoms with van der Waals surface area (Å²) in [4.78, 5) is 13.2. The summed E-state index contributed by atoms with van der Waals surface area (Å²) in [5.74, 6) is 1.43. The summed E-state index contributed by atoms with van der Waals surface area (Å²) >= 11 is 0. The maximum atomic E-state index is 4.53. The molecule has 2 aromatic heterocycles. The molecular formula is C26H40N4. The summed E-state index contributed by atoms with van der Waals surface area (Å²) in [6.07, 6.45) is 14.9. The Morgan fingerprint density at radius 3 is 2.27 bits per heavy atom. The number of pyridine rings is 2. The number of anilines is 1. The monoisotopic (exact) mass is 408 g/mol. The molecule has 4 rings (SSSR count). The Bertz CT molecular complexity index is 830. The largest absolute Gasteiger partial charge is 0.344 e. The fourth-order valence-electron chi connectivity index (χ4n) is 3.53. The molecule has 1 N–H and O–H groups in total. The van der Waals surface area contributed by atoms with Crippen LogP contribution in [-0.2, 0) is 0 Å². The Labute approximate surface area is 183 Å². The number of rotatable bonds is 4. The molecule has 0 unspecified atom stereocenters. The first-order valence-electron chi connectivity index (χ1n) is 11.7. The van der Waals surface area contributed by atoms with E-state index >= 15 is 0 Å². The molecule has 0 amide bonds. The van der Waals surface area contributed by atoms with Crippen molar-refractivity contribution >= 4 is 28.5 Å². The third-order valence-electron chi connectivity index (χ3n) is 4.97. The van der Waals surface area contributed by atoms with Crippen molar-refractivity contribution in [3.63, 3.8) is 0 Å². The fraction of sp³-hybridized carbons (Fsp3) is 0.500. The van der Waals surface area contributed by atoms with E-state index in [2.05, 4.69) is 39.0 Å². The summed E-state index contributed by atoms with van der Waals surface area (Å²) in [7, 11) is 0. The summed E-state index contributed by atoms with van der Waals surface area (Å²) < 4.78 is 0. The molecular weight excluding hydrogens is 368 g/mol. The molecule has 30 heavy (non-hydrogen) atoms. The highest BCUT2D eigenvalue weighted by atomic mass is 15.0. The lowest BCUT2D eigenvalue weighted by molar-refractivity contribution is 0.405. The quantitative estimate of drug-likeness (QED) is 0.557. The molecule has 1 saturated carbocycles. The average Bonchev–Trinajstić information content (AvgIpc) is 3.38. The number of hydrogen-bond acceptors (Lipinski definition) is 4. The molecule has 1 aliphatic carbocycles. The first-order valence-corrected chi connectivity index (χ1v) is 11.7. The molecule has 0 atom stereocenters. The molecule has 0 radical (unpaired) electrons. The van der Waals surface area contributed by atoms with E-state index in [9.17, 15) is 0 Å². The lowest BCUT2D eigenvalue weighted by Crippen LogP contribution is -2.14. The van der Waals surface area contributed by atoms with Crippen LogP contribution in [0.1, 0.15) is 85.6 Å². The van der Waals surface area contributed by atoms with Crippen LogP contribution in [0.25, 0.3) is 16.5 Å². The smallest absolute Gasteiger partial charge is 0.130 e. The van der Waals surface area contributed by atoms with E-state index in [0.717, 1.165) is 34.4 Å². The van der Waals surface area contributed by atoms with Gasteiger partial charge in [0.05, 0.1) is 11.7 Å². The van der Waals surface area contributed by atoms with Crippen LogP contribution in [0.5, 0.6) is 0 Å². The van der Waals surface area contributed by atoms with E-state index in [4.69, 9.17) is 0 Å². The van der Waals surface area contributed by atoms with E-state index in [1.807, 2.05) is 66.4 Å². The summed E-state index contributed by atoms with van der Waals surface area (Å²) in [6, 6.07) is 4.23. The molecule has 0 saturated heterocycles. The Hall–Kier alpha value is -2.49. The fourth-order valence-corrected chi connectivity index (χ4v) is 3.53. The van der Waals surface area contributed by atoms with Crippen molar-refractivity contribution in [2.75, 3.05) is 5.32 Å². The van der Waals surface area contributed by atoms with Crippen molar-refractivity contribution in [1.29, 1.82) is 0 Å². The van der Waals surface area contributed by atoms with Crippen molar-refractivity contribution in [2.45, 2.75) is 80.1 Å². The number of aliphatic imine (C=N–C) groups is 1. The third-order valence-corrected chi connectivity index (χ3v) is 4.97. The maximum Gasteiger partial charge on any atom is 0.130 e. The Balaban J connectivity index is 0.000000691. The van der Waals surface area contributed by atoms with Crippen LogP contribution in [-0.4, -0.2) is 16.2 Å². The summed E-state index contributed by atoms with van der Waals surface area (Å²) in [6.45, 7) is 16.2. The molecule has 4 heteroatoms. The van der Waals surface area contributed by atoms with E-state index < -0.39 is 0 Å². The number of allylic oxidation sites excluding steroid dienone is 2. The summed E-state index contributed by atoms with van der Waals surface area (Å²) in [5, 5.41) is 4.51. The summed E-state index contributed by atoms with van der Waals surface area (Å²) in [5.41, 5.74) is 4.34. The van der Waals surface area contributed by atoms with Gasteiger partial charge in [-0.15, -0.1) is 0 Å². The van der Waals surface area contributed by atoms with Crippen LogP contribution in [0.2, 0.25) is 0 Å². The molecule has 2 aliphatic rings. The SMILES string of the molecule is C=C(Nc1cc2cc(C3=CN=CC3)cnc2cn1)C1CCCCC1.CC.CC.CC. The second-order valence-electron chi connectivity index (χ2n) is 6.66. The van der Waals surface area contributed by atoms with E-state index in [1.54, 1.807) is 0 Å². The number of aromatic nitrogens is 2. The zero-order valence-corrected chi connectivity index (χ0v) is 19.8. The topological polar surface area (TPSA) is 50.2 Å². The normalized spacial score (nSPS) is 14.9. The van der Waals surface area contributed by atoms with Gasteiger partial charge in [-0.05, 0) is 42.0 Å². The predicted octanol–water partition coefficient (Wildman–Crippen LogP) is 8.03. The van der Waals surface area contributed by atoms with Crippen molar-refractivity contribution < 1.29 is 0 Å². The van der Waals surface area contributed by atoms with Crippen molar-refractivity contribution in [2.24, 2.45) is 10.9 Å². The number of fused-ring (bicyclic) bond motifs is 1. The Morgan fingerprint density at radius 1 is 0.933 bits per heavy atom. The Morgan fingerprint density at radius 2 is 1.63 bits per heavy atom. The molecule has 1 aliphatic heterocycles. The lowest BCUT2D eigenvalue weighted by Gasteiger charge is -2.24. The van der Waals surface area contributed by atoms with Crippen LogP contribution < -0.4 is 5.32 Å². The highest BCUT2D eigenvalue weighted by Crippen LogP contribution is 2.30. The molecule has 3 heterocycles. The van der Waals surface area contributed by atoms with Crippen LogP contribution in [0.15, 0.2) is 48.0 Å². The molecule has 4 nitrogen and oxygen atoms in total. The molecule has 0 aromatic carbocycles. The van der Waals surface area contributed by atoms with Crippen molar-refractivity contribution in [1.82, 2.24) is 9.97 Å². The second kappa shape index (κ2) is 14.5. The highest BCUT2D eigenvalue weighted by Gasteiger charge is 2.17. The first kappa shape index (κ1) is 25.5. The minimum atomic E-state index is 0.571. The minimum Gasteiger partial charge on any atom is -0.344 e. The molecule has 1 fully saturated rings. The molecule has 2 aromatic rings. The second-order valence-corrected chi connectivity index (χ2v) is 6.66. The number of hydrogen-bond donors (Lipinski definition) is 1. The minimum absolute atomic E-state index is 0.571. The lowest BCUT2D eigenvalue weighted by atomic mass is 9.87. The first-order chi connectivity index (χ1) is 14.8. The molecule has 0 bridgehead atoms. The third kappa shape index (κ3) is 7.08. The van der Waals surface area contributed by atoms with Gasteiger partial charge >= 0.3 is 0 Å². The van der Waals surface area contributed by atoms with Crippen LogP contribution in [0.4, 0.5) is 5.82 Å². The number of nitrogens with one attached hydrogen (secondary N) is 1. The van der Waals surface area contributed by atoms with Crippen molar-refractivity contribution in [3.05, 3.63) is 48.6 Å². The highest BCUT2D eigenvalue weighted by molar-refractivity contribution is 5.88. The van der Waals surface area contributed by atoms with Gasteiger partial charge in [-0.3, -0.25) is 9.98 Å². The van der Waals surface area contributed by atoms with Gasteiger partial charge in [-0.25, -0.2) is 4.98 Å². The van der Waals surface area contributed by atoms with Gasteiger partial charge in [0.25, 0.3) is 0 Å². The molecule has 0 spiro atoms. The van der Waals surface area contributed by atoms with Gasteiger partial charge in [-0.2, -0.15) is 0 Å². The van der Waals surface area contributed by atoms with E-state index in [0.29, 0.717) is 5.92 Å². The zero-order chi connectivity index (χ0) is 22.4. The zero-order valence-electron chi connectivity index (χ0n) is 19.8. The van der Waals surface area contributed by atoms with Gasteiger partial charge in [0.15, 0.2) is 0 Å². The van der Waals surface area contributed by atoms with Gasteiger partial charge in [0, 0.05) is 36.1 Å². The standard InChI is InChI=1S/C20H22N4.3C2H6/c1-14(15-5-3-2-4-6-15)24-20-10-17-9-18(16-7-8-21-11-16)12-22-19(17)13-23-20;3*1-2/h8-13,15H,1-7H2,(H,23,24);3*1-2H3. The van der Waals surface area contributed by atoms with Crippen molar-refractivity contribution in [3.8, 4) is 0 Å². The Kier molecular flexibility index (Phi) is 12.3. The van der Waals surface area contributed by atoms with Gasteiger partial charge in [-0.1, -0.05) is 67.4 Å². The van der Waals surface area contributed by atoms with Gasteiger partial charge < -0.3 is 5.32 Å². The van der Waals surface area contributed by atoms with Gasteiger partial charge in [0.2, 0.25) is 0 Å².